The smallest absolute Gasteiger partial charge is 0.320 e. The molecule has 0 fully saturated rings. The molecule has 0 saturated heterocycles. The van der Waals surface area contributed by atoms with Gasteiger partial charge in [0.1, 0.15) is 6.04 Å². The summed E-state index contributed by atoms with van der Waals surface area (Å²) in [6.45, 7) is 4.67. The maximum atomic E-state index is 11.0. The molecule has 16 heavy (non-hydrogen) atoms. The number of carbonyl (C=O) groups is 1. The molecule has 0 saturated carbocycles. The summed E-state index contributed by atoms with van der Waals surface area (Å²) in [5.41, 5.74) is 0. The molecular formula is C11H16BrNO2S. The van der Waals surface area contributed by atoms with Crippen LogP contribution in [0.2, 0.25) is 0 Å². The van der Waals surface area contributed by atoms with Gasteiger partial charge in [-0.1, -0.05) is 13.8 Å². The van der Waals surface area contributed by atoms with Crippen molar-refractivity contribution in [2.75, 3.05) is 0 Å². The largest absolute Gasteiger partial charge is 0.480 e. The summed E-state index contributed by atoms with van der Waals surface area (Å²) in [6, 6.07) is 3.51. The summed E-state index contributed by atoms with van der Waals surface area (Å²) in [6.07, 6.45) is 0.655. The van der Waals surface area contributed by atoms with Crippen LogP contribution in [-0.4, -0.2) is 17.1 Å². The zero-order valence-electron chi connectivity index (χ0n) is 9.37. The summed E-state index contributed by atoms with van der Waals surface area (Å²) in [5.74, 6) is -0.395. The van der Waals surface area contributed by atoms with Gasteiger partial charge >= 0.3 is 5.97 Å². The first-order valence-corrected chi connectivity index (χ1v) is 6.80. The highest BCUT2D eigenvalue weighted by atomic mass is 79.9. The Morgan fingerprint density at radius 3 is 2.69 bits per heavy atom. The van der Waals surface area contributed by atoms with Crippen LogP contribution in [0.4, 0.5) is 0 Å². The van der Waals surface area contributed by atoms with Gasteiger partial charge in [0, 0.05) is 11.4 Å². The molecule has 5 heteroatoms. The number of aliphatic carboxylic acids is 1. The Kier molecular flexibility index (Phi) is 5.44. The number of halogens is 1. The van der Waals surface area contributed by atoms with Crippen molar-refractivity contribution in [3.8, 4) is 0 Å². The first-order chi connectivity index (χ1) is 7.49. The lowest BCUT2D eigenvalue weighted by Crippen LogP contribution is -2.37. The molecule has 0 radical (unpaired) electrons. The monoisotopic (exact) mass is 305 g/mol. The highest BCUT2D eigenvalue weighted by molar-refractivity contribution is 9.11. The van der Waals surface area contributed by atoms with Gasteiger partial charge < -0.3 is 5.11 Å². The standard InChI is InChI=1S/C11H16BrNO2S/c1-7(2)5-9(11(14)15)13-6-8-3-4-10(12)16-8/h3-4,7,9,13H,5-6H2,1-2H3,(H,14,15)/t9-/m1/s1. The van der Waals surface area contributed by atoms with Crippen LogP contribution in [0.15, 0.2) is 15.9 Å². The number of hydrogen-bond acceptors (Lipinski definition) is 3. The number of rotatable bonds is 6. The Bertz CT molecular complexity index is 352. The van der Waals surface area contributed by atoms with Gasteiger partial charge in [0.15, 0.2) is 0 Å². The van der Waals surface area contributed by atoms with Crippen LogP contribution in [0.25, 0.3) is 0 Å². The first kappa shape index (κ1) is 13.7. The lowest BCUT2D eigenvalue weighted by atomic mass is 10.0. The van der Waals surface area contributed by atoms with Crippen LogP contribution >= 0.6 is 27.3 Å². The number of carboxylic acid groups (broad SMARTS) is 1. The van der Waals surface area contributed by atoms with Crippen molar-refractivity contribution in [1.29, 1.82) is 0 Å². The predicted molar refractivity (Wildman–Crippen MR) is 69.7 cm³/mol. The second-order valence-electron chi connectivity index (χ2n) is 4.11. The fourth-order valence-electron chi connectivity index (χ4n) is 1.41. The third-order valence-electron chi connectivity index (χ3n) is 2.16. The number of carboxylic acids is 1. The van der Waals surface area contributed by atoms with E-state index in [1.165, 1.54) is 0 Å². The van der Waals surface area contributed by atoms with E-state index in [-0.39, 0.29) is 0 Å². The van der Waals surface area contributed by atoms with E-state index in [1.54, 1.807) is 11.3 Å². The quantitative estimate of drug-likeness (QED) is 0.849. The average Bonchev–Trinajstić information content (AvgIpc) is 2.58. The normalized spacial score (nSPS) is 13.0. The Morgan fingerprint density at radius 1 is 1.56 bits per heavy atom. The fourth-order valence-corrected chi connectivity index (χ4v) is 2.85. The molecule has 1 aromatic heterocycles. The second-order valence-corrected chi connectivity index (χ2v) is 6.65. The molecule has 0 aliphatic carbocycles. The van der Waals surface area contributed by atoms with Crippen molar-refractivity contribution in [3.05, 3.63) is 20.8 Å². The summed E-state index contributed by atoms with van der Waals surface area (Å²) >= 11 is 5.00. The van der Waals surface area contributed by atoms with Gasteiger partial charge in [0.05, 0.1) is 3.79 Å². The molecule has 0 unspecified atom stereocenters. The molecule has 1 atom stereocenters. The fraction of sp³-hybridized carbons (Fsp3) is 0.545. The molecule has 0 aromatic carbocycles. The molecule has 3 nitrogen and oxygen atoms in total. The van der Waals surface area contributed by atoms with E-state index in [0.29, 0.717) is 18.9 Å². The molecule has 2 N–H and O–H groups in total. The molecule has 90 valence electrons. The van der Waals surface area contributed by atoms with Gasteiger partial charge in [-0.2, -0.15) is 0 Å². The maximum absolute atomic E-state index is 11.0. The molecule has 1 rings (SSSR count). The van der Waals surface area contributed by atoms with Crippen molar-refractivity contribution < 1.29 is 9.90 Å². The number of thiophene rings is 1. The molecule has 1 aromatic rings. The van der Waals surface area contributed by atoms with Crippen LogP contribution in [0.3, 0.4) is 0 Å². The van der Waals surface area contributed by atoms with Gasteiger partial charge in [-0.25, -0.2) is 0 Å². The third kappa shape index (κ3) is 4.63. The second kappa shape index (κ2) is 6.37. The summed E-state index contributed by atoms with van der Waals surface area (Å²) in [4.78, 5) is 12.1. The van der Waals surface area contributed by atoms with Crippen molar-refractivity contribution in [3.63, 3.8) is 0 Å². The number of hydrogen-bond donors (Lipinski definition) is 2. The van der Waals surface area contributed by atoms with E-state index >= 15 is 0 Å². The number of nitrogens with one attached hydrogen (secondary N) is 1. The van der Waals surface area contributed by atoms with Crippen molar-refractivity contribution >= 4 is 33.2 Å². The van der Waals surface area contributed by atoms with Crippen LogP contribution in [0.5, 0.6) is 0 Å². The van der Waals surface area contributed by atoms with Crippen LogP contribution < -0.4 is 5.32 Å². The molecule has 0 amide bonds. The van der Waals surface area contributed by atoms with E-state index in [4.69, 9.17) is 5.11 Å². The van der Waals surface area contributed by atoms with Crippen LogP contribution in [0.1, 0.15) is 25.1 Å². The van der Waals surface area contributed by atoms with E-state index in [0.717, 1.165) is 8.66 Å². The van der Waals surface area contributed by atoms with Gasteiger partial charge in [0.25, 0.3) is 0 Å². The molecule has 0 aliphatic heterocycles. The van der Waals surface area contributed by atoms with E-state index in [1.807, 2.05) is 26.0 Å². The lowest BCUT2D eigenvalue weighted by Gasteiger charge is -2.15. The zero-order chi connectivity index (χ0) is 12.1. The minimum absolute atomic E-state index is 0.378. The highest BCUT2D eigenvalue weighted by Gasteiger charge is 2.18. The van der Waals surface area contributed by atoms with E-state index in [9.17, 15) is 4.79 Å². The van der Waals surface area contributed by atoms with Crippen LogP contribution in [-0.2, 0) is 11.3 Å². The van der Waals surface area contributed by atoms with Crippen molar-refractivity contribution in [2.24, 2.45) is 5.92 Å². The van der Waals surface area contributed by atoms with Gasteiger partial charge in [0.2, 0.25) is 0 Å². The molecule has 1 heterocycles. The van der Waals surface area contributed by atoms with Crippen LogP contribution in [0, 0.1) is 5.92 Å². The first-order valence-electron chi connectivity index (χ1n) is 5.19. The highest BCUT2D eigenvalue weighted by Crippen LogP contribution is 2.22. The van der Waals surface area contributed by atoms with Gasteiger partial charge in [-0.3, -0.25) is 10.1 Å². The predicted octanol–water partition coefficient (Wildman–Crippen LogP) is 3.10. The van der Waals surface area contributed by atoms with E-state index < -0.39 is 12.0 Å². The van der Waals surface area contributed by atoms with Gasteiger partial charge in [-0.15, -0.1) is 11.3 Å². The zero-order valence-corrected chi connectivity index (χ0v) is 11.8. The SMILES string of the molecule is CC(C)C[C@@H](NCc1ccc(Br)s1)C(=O)O. The Morgan fingerprint density at radius 2 is 2.25 bits per heavy atom. The summed E-state index contributed by atoms with van der Waals surface area (Å²) in [7, 11) is 0. The molecule has 0 aliphatic rings. The summed E-state index contributed by atoms with van der Waals surface area (Å²) in [5, 5.41) is 12.1. The van der Waals surface area contributed by atoms with E-state index in [2.05, 4.69) is 21.2 Å². The van der Waals surface area contributed by atoms with Gasteiger partial charge in [-0.05, 0) is 40.4 Å². The average molecular weight is 306 g/mol. The van der Waals surface area contributed by atoms with Crippen molar-refractivity contribution in [1.82, 2.24) is 5.32 Å². The molecular weight excluding hydrogens is 290 g/mol. The topological polar surface area (TPSA) is 49.3 Å². The summed E-state index contributed by atoms with van der Waals surface area (Å²) < 4.78 is 1.07. The maximum Gasteiger partial charge on any atom is 0.320 e. The third-order valence-corrected chi connectivity index (χ3v) is 3.78. The molecule has 0 spiro atoms. The lowest BCUT2D eigenvalue weighted by molar-refractivity contribution is -0.139. The minimum atomic E-state index is -0.774. The molecule has 0 bridgehead atoms. The Labute approximate surface area is 108 Å². The van der Waals surface area contributed by atoms with Crippen molar-refractivity contribution in [2.45, 2.75) is 32.9 Å². The Hall–Kier alpha value is -0.390. The minimum Gasteiger partial charge on any atom is -0.480 e. The Balaban J connectivity index is 2.46.